The van der Waals surface area contributed by atoms with Crippen molar-refractivity contribution in [3.8, 4) is 0 Å². The van der Waals surface area contributed by atoms with Crippen LogP contribution in [-0.2, 0) is 0 Å². The molecule has 0 spiro atoms. The molecule has 1 rings (SSSR count). The van der Waals surface area contributed by atoms with Crippen molar-refractivity contribution in [2.24, 2.45) is 0 Å². The normalized spacial score (nSPS) is 16.1. The van der Waals surface area contributed by atoms with Crippen LogP contribution in [0.25, 0.3) is 0 Å². The van der Waals surface area contributed by atoms with Gasteiger partial charge >= 0.3 is 0 Å². The lowest BCUT2D eigenvalue weighted by molar-refractivity contribution is -0.302. The summed E-state index contributed by atoms with van der Waals surface area (Å²) in [7, 11) is 0. The molecule has 0 atom stereocenters. The summed E-state index contributed by atoms with van der Waals surface area (Å²) in [5, 5.41) is 17.8. The smallest absolute Gasteiger partial charge is 0.0540 e. The Kier molecular flexibility index (Phi) is 1.71. The minimum absolute atomic E-state index is 0.0417. The summed E-state index contributed by atoms with van der Waals surface area (Å²) in [6.45, 7) is 1.51. The standard InChI is InChI=1S/C8H9NO/c1-6(10)7-2-4-8(9)5-3-7/h2-5,9-10H,1H3/p-1. The molecule has 52 valence electrons. The zero-order valence-corrected chi connectivity index (χ0v) is 5.72. The Morgan fingerprint density at radius 1 is 1.30 bits per heavy atom. The Hall–Kier alpha value is -1.31. The lowest BCUT2D eigenvalue weighted by atomic mass is 10.1. The molecule has 2 heteroatoms. The van der Waals surface area contributed by atoms with Crippen molar-refractivity contribution in [1.29, 1.82) is 5.41 Å². The fraction of sp³-hybridized carbons (Fsp3) is 0.125. The van der Waals surface area contributed by atoms with Crippen LogP contribution in [-0.4, -0.2) is 5.71 Å². The van der Waals surface area contributed by atoms with E-state index in [0.29, 0.717) is 11.3 Å². The quantitative estimate of drug-likeness (QED) is 0.488. The number of nitrogens with one attached hydrogen (secondary N) is 1. The highest BCUT2D eigenvalue weighted by atomic mass is 16.3. The van der Waals surface area contributed by atoms with E-state index in [1.807, 2.05) is 0 Å². The molecule has 0 unspecified atom stereocenters. The van der Waals surface area contributed by atoms with Crippen molar-refractivity contribution in [3.05, 3.63) is 35.6 Å². The Morgan fingerprint density at radius 2 is 1.80 bits per heavy atom. The second-order valence-electron chi connectivity index (χ2n) is 2.13. The highest BCUT2D eigenvalue weighted by Crippen LogP contribution is 2.07. The van der Waals surface area contributed by atoms with Gasteiger partial charge in [0.1, 0.15) is 0 Å². The summed E-state index contributed by atoms with van der Waals surface area (Å²) in [6, 6.07) is 0. The molecule has 0 bridgehead atoms. The molecule has 0 aromatic rings. The van der Waals surface area contributed by atoms with Crippen LogP contribution in [0.15, 0.2) is 35.6 Å². The van der Waals surface area contributed by atoms with Gasteiger partial charge in [-0.1, -0.05) is 19.1 Å². The average Bonchev–Trinajstić information content (AvgIpc) is 1.88. The fourth-order valence-corrected chi connectivity index (χ4v) is 0.705. The van der Waals surface area contributed by atoms with E-state index in [1.165, 1.54) is 6.92 Å². The van der Waals surface area contributed by atoms with Crippen LogP contribution in [0.1, 0.15) is 6.92 Å². The van der Waals surface area contributed by atoms with Crippen molar-refractivity contribution in [2.45, 2.75) is 6.92 Å². The first-order valence-electron chi connectivity index (χ1n) is 3.03. The molecule has 0 radical (unpaired) electrons. The zero-order valence-electron chi connectivity index (χ0n) is 5.72. The molecule has 0 aromatic carbocycles. The highest BCUT2D eigenvalue weighted by molar-refractivity contribution is 6.03. The van der Waals surface area contributed by atoms with Crippen LogP contribution in [0.2, 0.25) is 0 Å². The predicted octanol–water partition coefficient (Wildman–Crippen LogP) is 0.766. The molecule has 0 aliphatic heterocycles. The Morgan fingerprint density at radius 3 is 2.20 bits per heavy atom. The topological polar surface area (TPSA) is 46.9 Å². The second-order valence-corrected chi connectivity index (χ2v) is 2.13. The lowest BCUT2D eigenvalue weighted by Crippen LogP contribution is -2.03. The van der Waals surface area contributed by atoms with Crippen molar-refractivity contribution >= 4 is 5.71 Å². The highest BCUT2D eigenvalue weighted by Gasteiger charge is 1.93. The molecule has 0 heterocycles. The van der Waals surface area contributed by atoms with E-state index < -0.39 is 0 Å². The van der Waals surface area contributed by atoms with Gasteiger partial charge in [0.15, 0.2) is 0 Å². The van der Waals surface area contributed by atoms with Crippen LogP contribution < -0.4 is 5.11 Å². The Bertz CT molecular complexity index is 224. The maximum atomic E-state index is 10.7. The van der Waals surface area contributed by atoms with E-state index >= 15 is 0 Å². The van der Waals surface area contributed by atoms with Crippen LogP contribution in [0.4, 0.5) is 0 Å². The van der Waals surface area contributed by atoms with Crippen LogP contribution >= 0.6 is 0 Å². The first-order chi connectivity index (χ1) is 4.70. The van der Waals surface area contributed by atoms with Gasteiger partial charge in [-0.2, -0.15) is 0 Å². The van der Waals surface area contributed by atoms with E-state index in [0.717, 1.165) is 0 Å². The summed E-state index contributed by atoms with van der Waals surface area (Å²) in [6.07, 6.45) is 6.53. The molecule has 1 N–H and O–H groups in total. The van der Waals surface area contributed by atoms with Crippen molar-refractivity contribution in [1.82, 2.24) is 0 Å². The molecular formula is C8H8NO-. The monoisotopic (exact) mass is 134 g/mol. The first-order valence-corrected chi connectivity index (χ1v) is 3.03. The lowest BCUT2D eigenvalue weighted by Gasteiger charge is -2.10. The summed E-state index contributed by atoms with van der Waals surface area (Å²) in [5.74, 6) is 0.0417. The van der Waals surface area contributed by atoms with Gasteiger partial charge in [-0.25, -0.2) is 0 Å². The summed E-state index contributed by atoms with van der Waals surface area (Å²) >= 11 is 0. The minimum atomic E-state index is 0.0417. The van der Waals surface area contributed by atoms with Gasteiger partial charge in [-0.05, 0) is 17.7 Å². The Balaban J connectivity index is 2.91. The van der Waals surface area contributed by atoms with Crippen LogP contribution in [0.5, 0.6) is 0 Å². The first kappa shape index (κ1) is 6.81. The number of allylic oxidation sites excluding steroid dienone is 6. The third-order valence-electron chi connectivity index (χ3n) is 1.29. The maximum Gasteiger partial charge on any atom is 0.0540 e. The number of hydrogen-bond donors (Lipinski definition) is 1. The maximum absolute atomic E-state index is 10.7. The SMILES string of the molecule is CC([O-])=C1C=CC(=N)C=C1. The van der Waals surface area contributed by atoms with Crippen molar-refractivity contribution < 1.29 is 5.11 Å². The Labute approximate surface area is 59.7 Å². The summed E-state index contributed by atoms with van der Waals surface area (Å²) in [4.78, 5) is 0. The third-order valence-corrected chi connectivity index (χ3v) is 1.29. The van der Waals surface area contributed by atoms with Gasteiger partial charge in [0.2, 0.25) is 0 Å². The van der Waals surface area contributed by atoms with Crippen LogP contribution in [0, 0.1) is 5.41 Å². The van der Waals surface area contributed by atoms with Crippen molar-refractivity contribution in [3.63, 3.8) is 0 Å². The number of rotatable bonds is 0. The van der Waals surface area contributed by atoms with E-state index in [1.54, 1.807) is 24.3 Å². The van der Waals surface area contributed by atoms with Crippen molar-refractivity contribution in [2.75, 3.05) is 0 Å². The molecule has 0 aromatic heterocycles. The third kappa shape index (κ3) is 1.35. The summed E-state index contributed by atoms with van der Waals surface area (Å²) in [5.41, 5.74) is 1.10. The minimum Gasteiger partial charge on any atom is -0.875 e. The molecule has 10 heavy (non-hydrogen) atoms. The van der Waals surface area contributed by atoms with Gasteiger partial charge < -0.3 is 10.5 Å². The molecule has 1 aliphatic carbocycles. The molecule has 0 saturated carbocycles. The second kappa shape index (κ2) is 2.52. The van der Waals surface area contributed by atoms with Gasteiger partial charge in [0.05, 0.1) is 5.71 Å². The molecule has 1 aliphatic rings. The molecule has 0 fully saturated rings. The largest absolute Gasteiger partial charge is 0.875 e. The van der Waals surface area contributed by atoms with Gasteiger partial charge in [-0.15, -0.1) is 5.76 Å². The molecular weight excluding hydrogens is 126 g/mol. The van der Waals surface area contributed by atoms with Gasteiger partial charge in [0, 0.05) is 0 Å². The molecule has 2 nitrogen and oxygen atoms in total. The van der Waals surface area contributed by atoms with E-state index in [-0.39, 0.29) is 5.76 Å². The molecule has 0 saturated heterocycles. The number of hydrogen-bond acceptors (Lipinski definition) is 2. The van der Waals surface area contributed by atoms with Gasteiger partial charge in [-0.3, -0.25) is 0 Å². The zero-order chi connectivity index (χ0) is 7.56. The van der Waals surface area contributed by atoms with E-state index in [2.05, 4.69) is 0 Å². The van der Waals surface area contributed by atoms with E-state index in [4.69, 9.17) is 5.41 Å². The average molecular weight is 134 g/mol. The van der Waals surface area contributed by atoms with E-state index in [9.17, 15) is 5.11 Å². The predicted molar refractivity (Wildman–Crippen MR) is 38.7 cm³/mol. The van der Waals surface area contributed by atoms with Crippen LogP contribution in [0.3, 0.4) is 0 Å². The fourth-order valence-electron chi connectivity index (χ4n) is 0.705. The molecule has 0 amide bonds. The van der Waals surface area contributed by atoms with Gasteiger partial charge in [0.25, 0.3) is 0 Å². The summed E-state index contributed by atoms with van der Waals surface area (Å²) < 4.78 is 0.